The molecule has 0 aliphatic rings. The molecule has 1 aromatic heterocycles. The number of amides is 1. The first-order valence-corrected chi connectivity index (χ1v) is 12.1. The maximum atomic E-state index is 13.2. The van der Waals surface area contributed by atoms with Crippen molar-refractivity contribution in [3.63, 3.8) is 0 Å². The molecule has 1 amide bonds. The average Bonchev–Trinajstić information content (AvgIpc) is 2.84. The summed E-state index contributed by atoms with van der Waals surface area (Å²) in [6.07, 6.45) is 1.56. The Morgan fingerprint density at radius 1 is 0.882 bits per heavy atom. The highest BCUT2D eigenvalue weighted by Crippen LogP contribution is 2.20. The second-order valence-electron chi connectivity index (χ2n) is 7.52. The van der Waals surface area contributed by atoms with Crippen LogP contribution in [0.15, 0.2) is 102 Å². The molecule has 1 N–H and O–H groups in total. The first-order chi connectivity index (χ1) is 16.4. The van der Waals surface area contributed by atoms with Gasteiger partial charge < -0.3 is 10.1 Å². The standard InChI is InChI=1S/C26H21FN2O4S/c27-22-5-4-6-23(15-22)33-25-14-11-20(16-28-25)17-29-26(30)21-12-9-19(10-13-21)18-34(31,32)24-7-2-1-3-8-24/h1-16H,17-18H2,(H,29,30). The van der Waals surface area contributed by atoms with Crippen molar-refractivity contribution in [2.45, 2.75) is 17.2 Å². The molecule has 0 fully saturated rings. The van der Waals surface area contributed by atoms with E-state index in [1.165, 1.54) is 12.1 Å². The maximum absolute atomic E-state index is 13.2. The Hall–Kier alpha value is -4.04. The lowest BCUT2D eigenvalue weighted by atomic mass is 10.1. The Labute approximate surface area is 197 Å². The van der Waals surface area contributed by atoms with Gasteiger partial charge in [0.2, 0.25) is 5.88 Å². The first-order valence-electron chi connectivity index (χ1n) is 10.4. The molecule has 6 nitrogen and oxygen atoms in total. The molecule has 172 valence electrons. The summed E-state index contributed by atoms with van der Waals surface area (Å²) in [7, 11) is -3.45. The zero-order valence-electron chi connectivity index (χ0n) is 18.0. The molecule has 3 aromatic carbocycles. The molecule has 4 rings (SSSR count). The van der Waals surface area contributed by atoms with Crippen LogP contribution in [0, 0.1) is 5.82 Å². The quantitative estimate of drug-likeness (QED) is 0.390. The highest BCUT2D eigenvalue weighted by atomic mass is 32.2. The summed E-state index contributed by atoms with van der Waals surface area (Å²) in [5, 5.41) is 2.80. The minimum Gasteiger partial charge on any atom is -0.439 e. The number of benzene rings is 3. The molecule has 34 heavy (non-hydrogen) atoms. The molecule has 0 saturated heterocycles. The van der Waals surface area contributed by atoms with Gasteiger partial charge in [0.25, 0.3) is 5.91 Å². The molecule has 0 aliphatic carbocycles. The van der Waals surface area contributed by atoms with Gasteiger partial charge in [-0.1, -0.05) is 42.5 Å². The topological polar surface area (TPSA) is 85.4 Å². The predicted molar refractivity (Wildman–Crippen MR) is 126 cm³/mol. The van der Waals surface area contributed by atoms with E-state index in [0.29, 0.717) is 22.8 Å². The van der Waals surface area contributed by atoms with Gasteiger partial charge in [0.15, 0.2) is 9.84 Å². The zero-order valence-corrected chi connectivity index (χ0v) is 18.8. The number of halogens is 1. The number of pyridine rings is 1. The SMILES string of the molecule is O=C(NCc1ccc(Oc2cccc(F)c2)nc1)c1ccc(CS(=O)(=O)c2ccccc2)cc1. The van der Waals surface area contributed by atoms with Crippen LogP contribution in [0.3, 0.4) is 0 Å². The highest BCUT2D eigenvalue weighted by molar-refractivity contribution is 7.90. The molecule has 4 aromatic rings. The number of nitrogens with zero attached hydrogens (tertiary/aromatic N) is 1. The molecular weight excluding hydrogens is 455 g/mol. The number of sulfone groups is 1. The minimum absolute atomic E-state index is 0.144. The Bertz CT molecular complexity index is 1370. The lowest BCUT2D eigenvalue weighted by Crippen LogP contribution is -2.22. The number of aromatic nitrogens is 1. The van der Waals surface area contributed by atoms with Gasteiger partial charge in [0.1, 0.15) is 11.6 Å². The third kappa shape index (κ3) is 6.05. The van der Waals surface area contributed by atoms with Gasteiger partial charge in [-0.05, 0) is 47.5 Å². The normalized spacial score (nSPS) is 11.1. The van der Waals surface area contributed by atoms with E-state index in [0.717, 1.165) is 5.56 Å². The van der Waals surface area contributed by atoms with Gasteiger partial charge in [0, 0.05) is 30.4 Å². The number of hydrogen-bond donors (Lipinski definition) is 1. The van der Waals surface area contributed by atoms with Crippen LogP contribution in [0.1, 0.15) is 21.5 Å². The lowest BCUT2D eigenvalue weighted by Gasteiger charge is -2.08. The smallest absolute Gasteiger partial charge is 0.251 e. The number of carbonyl (C=O) groups is 1. The Morgan fingerprint density at radius 2 is 1.62 bits per heavy atom. The third-order valence-corrected chi connectivity index (χ3v) is 6.65. The van der Waals surface area contributed by atoms with E-state index in [2.05, 4.69) is 10.3 Å². The summed E-state index contributed by atoms with van der Waals surface area (Å²) in [5.74, 6) is -0.190. The first kappa shape index (κ1) is 23.1. The largest absolute Gasteiger partial charge is 0.439 e. The fourth-order valence-electron chi connectivity index (χ4n) is 3.19. The lowest BCUT2D eigenvalue weighted by molar-refractivity contribution is 0.0951. The van der Waals surface area contributed by atoms with Crippen LogP contribution in [0.2, 0.25) is 0 Å². The van der Waals surface area contributed by atoms with Crippen molar-refractivity contribution < 1.29 is 22.3 Å². The Kier molecular flexibility index (Phi) is 6.98. The highest BCUT2D eigenvalue weighted by Gasteiger charge is 2.15. The summed E-state index contributed by atoms with van der Waals surface area (Å²) >= 11 is 0. The zero-order chi connectivity index (χ0) is 24.0. The monoisotopic (exact) mass is 476 g/mol. The fourth-order valence-corrected chi connectivity index (χ4v) is 4.56. The van der Waals surface area contributed by atoms with Crippen LogP contribution < -0.4 is 10.1 Å². The third-order valence-electron chi connectivity index (χ3n) is 4.94. The summed E-state index contributed by atoms with van der Waals surface area (Å²) in [6, 6.07) is 23.9. The molecule has 0 aliphatic heterocycles. The van der Waals surface area contributed by atoms with Crippen molar-refractivity contribution >= 4 is 15.7 Å². The van der Waals surface area contributed by atoms with E-state index in [-0.39, 0.29) is 23.1 Å². The summed E-state index contributed by atoms with van der Waals surface area (Å²) in [4.78, 5) is 16.9. The fraction of sp³-hybridized carbons (Fsp3) is 0.0769. The average molecular weight is 477 g/mol. The van der Waals surface area contributed by atoms with Crippen molar-refractivity contribution in [3.8, 4) is 11.6 Å². The molecular formula is C26H21FN2O4S. The molecule has 0 unspecified atom stereocenters. The molecule has 0 radical (unpaired) electrons. The van der Waals surface area contributed by atoms with E-state index in [1.807, 2.05) is 0 Å². The van der Waals surface area contributed by atoms with Gasteiger partial charge in [-0.3, -0.25) is 4.79 Å². The van der Waals surface area contributed by atoms with E-state index < -0.39 is 15.7 Å². The molecule has 0 bridgehead atoms. The Balaban J connectivity index is 1.31. The van der Waals surface area contributed by atoms with Gasteiger partial charge in [-0.2, -0.15) is 0 Å². The van der Waals surface area contributed by atoms with E-state index in [1.54, 1.807) is 85.1 Å². The summed E-state index contributed by atoms with van der Waals surface area (Å²) in [6.45, 7) is 0.246. The van der Waals surface area contributed by atoms with Crippen LogP contribution in [-0.4, -0.2) is 19.3 Å². The predicted octanol–water partition coefficient (Wildman–Crippen LogP) is 4.92. The molecule has 1 heterocycles. The number of ether oxygens (including phenoxy) is 1. The van der Waals surface area contributed by atoms with Crippen molar-refractivity contribution in [1.29, 1.82) is 0 Å². The molecule has 0 spiro atoms. The molecule has 8 heteroatoms. The van der Waals surface area contributed by atoms with Gasteiger partial charge in [-0.25, -0.2) is 17.8 Å². The number of carbonyl (C=O) groups excluding carboxylic acids is 1. The summed E-state index contributed by atoms with van der Waals surface area (Å²) in [5.41, 5.74) is 1.77. The molecule has 0 saturated carbocycles. The summed E-state index contributed by atoms with van der Waals surface area (Å²) < 4.78 is 43.8. The second-order valence-corrected chi connectivity index (χ2v) is 9.51. The van der Waals surface area contributed by atoms with E-state index in [4.69, 9.17) is 4.74 Å². The van der Waals surface area contributed by atoms with Gasteiger partial charge in [0.05, 0.1) is 10.6 Å². The van der Waals surface area contributed by atoms with E-state index in [9.17, 15) is 17.6 Å². The number of rotatable bonds is 8. The van der Waals surface area contributed by atoms with Crippen molar-refractivity contribution in [3.05, 3.63) is 120 Å². The van der Waals surface area contributed by atoms with Crippen molar-refractivity contribution in [1.82, 2.24) is 10.3 Å². The number of hydrogen-bond acceptors (Lipinski definition) is 5. The van der Waals surface area contributed by atoms with E-state index >= 15 is 0 Å². The molecule has 0 atom stereocenters. The van der Waals surface area contributed by atoms with Gasteiger partial charge >= 0.3 is 0 Å². The maximum Gasteiger partial charge on any atom is 0.251 e. The van der Waals surface area contributed by atoms with Crippen LogP contribution in [0.4, 0.5) is 4.39 Å². The number of nitrogens with one attached hydrogen (secondary N) is 1. The van der Waals surface area contributed by atoms with Gasteiger partial charge in [-0.15, -0.1) is 0 Å². The van der Waals surface area contributed by atoms with Crippen LogP contribution >= 0.6 is 0 Å². The van der Waals surface area contributed by atoms with Crippen LogP contribution in [0.5, 0.6) is 11.6 Å². The van der Waals surface area contributed by atoms with Crippen molar-refractivity contribution in [2.75, 3.05) is 0 Å². The minimum atomic E-state index is -3.45. The van der Waals surface area contributed by atoms with Crippen molar-refractivity contribution in [2.24, 2.45) is 0 Å². The Morgan fingerprint density at radius 3 is 2.29 bits per heavy atom. The second kappa shape index (κ2) is 10.3. The van der Waals surface area contributed by atoms with Crippen LogP contribution in [-0.2, 0) is 22.1 Å². The van der Waals surface area contributed by atoms with Crippen LogP contribution in [0.25, 0.3) is 0 Å².